The Morgan fingerprint density at radius 1 is 1.22 bits per heavy atom. The van der Waals surface area contributed by atoms with Crippen LogP contribution in [0.4, 0.5) is 0 Å². The highest BCUT2D eigenvalue weighted by atomic mass is 16.2. The molecular formula is C24H23N7O. The fourth-order valence-electron chi connectivity index (χ4n) is 5.87. The number of hydrogen-bond acceptors (Lipinski definition) is 6. The fraction of sp³-hybridized carbons (Fsp3) is 0.417. The van der Waals surface area contributed by atoms with Gasteiger partial charge in [0.05, 0.1) is 29.4 Å². The average molecular weight is 425 g/mol. The van der Waals surface area contributed by atoms with Crippen LogP contribution in [-0.4, -0.2) is 36.9 Å². The van der Waals surface area contributed by atoms with E-state index >= 15 is 0 Å². The molecule has 0 spiro atoms. The van der Waals surface area contributed by atoms with Crippen molar-refractivity contribution < 1.29 is 4.79 Å². The van der Waals surface area contributed by atoms with Gasteiger partial charge < -0.3 is 0 Å². The zero-order chi connectivity index (χ0) is 21.9. The molecule has 3 aromatic rings. The van der Waals surface area contributed by atoms with E-state index in [1.165, 1.54) is 0 Å². The summed E-state index contributed by atoms with van der Waals surface area (Å²) in [5.41, 5.74) is 2.73. The van der Waals surface area contributed by atoms with E-state index in [2.05, 4.69) is 26.2 Å². The van der Waals surface area contributed by atoms with E-state index < -0.39 is 0 Å². The van der Waals surface area contributed by atoms with E-state index in [1.54, 1.807) is 17.4 Å². The zero-order valence-electron chi connectivity index (χ0n) is 17.8. The van der Waals surface area contributed by atoms with Gasteiger partial charge in [-0.15, -0.1) is 0 Å². The van der Waals surface area contributed by atoms with Gasteiger partial charge in [0.25, 0.3) is 0 Å². The average Bonchev–Trinajstić information content (AvgIpc) is 3.56. The van der Waals surface area contributed by atoms with Gasteiger partial charge in [-0.05, 0) is 55.7 Å². The van der Waals surface area contributed by atoms with Crippen molar-refractivity contribution in [2.45, 2.75) is 45.2 Å². The summed E-state index contributed by atoms with van der Waals surface area (Å²) in [5, 5.41) is 20.8. The maximum absolute atomic E-state index is 13.5. The zero-order valence-corrected chi connectivity index (χ0v) is 17.8. The second-order valence-corrected chi connectivity index (χ2v) is 9.46. The summed E-state index contributed by atoms with van der Waals surface area (Å²) < 4.78 is 2.04. The Labute approximate surface area is 185 Å². The van der Waals surface area contributed by atoms with Crippen LogP contribution in [0.1, 0.15) is 48.7 Å². The molecule has 2 bridgehead atoms. The lowest BCUT2D eigenvalue weighted by atomic mass is 9.69. The van der Waals surface area contributed by atoms with Crippen molar-refractivity contribution in [1.29, 1.82) is 5.26 Å². The minimum Gasteiger partial charge on any atom is -0.273 e. The van der Waals surface area contributed by atoms with Crippen LogP contribution in [0, 0.1) is 35.5 Å². The number of carbonyl (C=O) groups is 1. The minimum absolute atomic E-state index is 0.00568. The van der Waals surface area contributed by atoms with Gasteiger partial charge in [-0.2, -0.15) is 15.5 Å². The molecule has 3 fully saturated rings. The van der Waals surface area contributed by atoms with E-state index in [9.17, 15) is 4.79 Å². The maximum atomic E-state index is 13.5. The molecule has 1 unspecified atom stereocenters. The number of aromatic nitrogens is 4. The molecule has 4 aliphatic rings. The molecule has 32 heavy (non-hydrogen) atoms. The van der Waals surface area contributed by atoms with Gasteiger partial charge >= 0.3 is 0 Å². The van der Waals surface area contributed by atoms with Gasteiger partial charge in [-0.1, -0.05) is 0 Å². The third-order valence-electron chi connectivity index (χ3n) is 7.43. The number of hydrogen-bond donors (Lipinski definition) is 0. The SMILES string of the molecule is Cc1ncc(C2CC=NN2C(=O)[C@H]2CC3(Cn4ncc5cc(C#N)ccc54)CC2C3)cn1. The molecule has 160 valence electrons. The predicted molar refractivity (Wildman–Crippen MR) is 117 cm³/mol. The Hall–Kier alpha value is -3.60. The molecule has 1 aromatic carbocycles. The van der Waals surface area contributed by atoms with E-state index in [0.717, 1.165) is 48.1 Å². The number of aryl methyl sites for hydroxylation is 1. The number of rotatable bonds is 4. The summed E-state index contributed by atoms with van der Waals surface area (Å²) in [7, 11) is 0. The molecule has 2 aromatic heterocycles. The molecule has 0 saturated heterocycles. The number of nitriles is 1. The summed E-state index contributed by atoms with van der Waals surface area (Å²) in [5.74, 6) is 1.27. The highest BCUT2D eigenvalue weighted by molar-refractivity contribution is 5.83. The van der Waals surface area contributed by atoms with Crippen LogP contribution in [0.5, 0.6) is 0 Å². The molecule has 7 rings (SSSR count). The first-order valence-corrected chi connectivity index (χ1v) is 11.0. The second kappa shape index (κ2) is 6.95. The van der Waals surface area contributed by atoms with Crippen LogP contribution in [0.2, 0.25) is 0 Å². The van der Waals surface area contributed by atoms with Gasteiger partial charge in [0.1, 0.15) is 5.82 Å². The Balaban J connectivity index is 1.19. The first-order valence-electron chi connectivity index (χ1n) is 11.0. The smallest absolute Gasteiger partial charge is 0.246 e. The normalized spacial score (nSPS) is 28.1. The number of fused-ring (bicyclic) bond motifs is 2. The van der Waals surface area contributed by atoms with E-state index in [1.807, 2.05) is 42.2 Å². The van der Waals surface area contributed by atoms with E-state index in [-0.39, 0.29) is 23.3 Å². The van der Waals surface area contributed by atoms with Crippen molar-refractivity contribution in [2.75, 3.05) is 0 Å². The van der Waals surface area contributed by atoms with Crippen LogP contribution in [-0.2, 0) is 11.3 Å². The van der Waals surface area contributed by atoms with Crippen LogP contribution in [0.15, 0.2) is 41.9 Å². The molecule has 0 radical (unpaired) electrons. The lowest BCUT2D eigenvalue weighted by Crippen LogP contribution is -2.35. The Bertz CT molecular complexity index is 1280. The summed E-state index contributed by atoms with van der Waals surface area (Å²) in [4.78, 5) is 22.1. The van der Waals surface area contributed by atoms with Crippen LogP contribution < -0.4 is 0 Å². The summed E-state index contributed by atoms with van der Waals surface area (Å²) in [6, 6.07) is 7.75. The molecule has 0 N–H and O–H groups in total. The molecule has 1 amide bonds. The largest absolute Gasteiger partial charge is 0.273 e. The number of nitrogens with zero attached hydrogens (tertiary/aromatic N) is 7. The molecule has 3 saturated carbocycles. The highest BCUT2D eigenvalue weighted by Crippen LogP contribution is 2.63. The van der Waals surface area contributed by atoms with Crippen molar-refractivity contribution in [2.24, 2.45) is 22.4 Å². The highest BCUT2D eigenvalue weighted by Gasteiger charge is 2.59. The minimum atomic E-state index is -0.110. The van der Waals surface area contributed by atoms with Crippen LogP contribution >= 0.6 is 0 Å². The van der Waals surface area contributed by atoms with Gasteiger partial charge in [0.15, 0.2) is 0 Å². The summed E-state index contributed by atoms with van der Waals surface area (Å²) >= 11 is 0. The first kappa shape index (κ1) is 19.1. The van der Waals surface area contributed by atoms with Gasteiger partial charge in [0.2, 0.25) is 5.91 Å². The molecule has 2 atom stereocenters. The monoisotopic (exact) mass is 425 g/mol. The molecule has 3 aliphatic carbocycles. The summed E-state index contributed by atoms with van der Waals surface area (Å²) in [6.45, 7) is 2.66. The van der Waals surface area contributed by atoms with Crippen molar-refractivity contribution in [3.05, 3.63) is 53.7 Å². The first-order chi connectivity index (χ1) is 15.5. The Kier molecular flexibility index (Phi) is 4.15. The Morgan fingerprint density at radius 3 is 2.81 bits per heavy atom. The quantitative estimate of drug-likeness (QED) is 0.638. The number of carbonyl (C=O) groups excluding carboxylic acids is 1. The molecule has 8 heteroatoms. The third kappa shape index (κ3) is 2.92. The molecule has 1 aliphatic heterocycles. The number of hydrazone groups is 1. The van der Waals surface area contributed by atoms with Crippen LogP contribution in [0.3, 0.4) is 0 Å². The van der Waals surface area contributed by atoms with Crippen molar-refractivity contribution >= 4 is 23.0 Å². The topological polar surface area (TPSA) is 100 Å². The van der Waals surface area contributed by atoms with Crippen molar-refractivity contribution in [3.8, 4) is 6.07 Å². The number of benzene rings is 1. The third-order valence-corrected chi connectivity index (χ3v) is 7.43. The van der Waals surface area contributed by atoms with Gasteiger partial charge in [0, 0.05) is 48.4 Å². The molecule has 3 heterocycles. The van der Waals surface area contributed by atoms with Gasteiger partial charge in [-0.25, -0.2) is 15.0 Å². The van der Waals surface area contributed by atoms with Crippen molar-refractivity contribution in [3.63, 3.8) is 0 Å². The summed E-state index contributed by atoms with van der Waals surface area (Å²) in [6.07, 6.45) is 10.9. The Morgan fingerprint density at radius 2 is 2.03 bits per heavy atom. The van der Waals surface area contributed by atoms with Gasteiger partial charge in [-0.3, -0.25) is 9.48 Å². The lowest BCUT2D eigenvalue weighted by Gasteiger charge is -2.38. The fourth-order valence-corrected chi connectivity index (χ4v) is 5.87. The van der Waals surface area contributed by atoms with E-state index in [0.29, 0.717) is 17.9 Å². The standard InChI is InChI=1S/C24H23N7O/c1-15-26-11-19(12-27-15)22-4-5-28-31(22)23(32)20-9-24(7-18(20)8-24)14-30-21-3-2-16(10-25)6-17(21)13-29-30/h2-3,5-6,11-13,18,20,22H,4,7-9,14H2,1H3/t18?,20-,22?,24?/m0/s1. The maximum Gasteiger partial charge on any atom is 0.246 e. The molecule has 8 nitrogen and oxygen atoms in total. The second-order valence-electron chi connectivity index (χ2n) is 9.46. The molecular weight excluding hydrogens is 402 g/mol. The lowest BCUT2D eigenvalue weighted by molar-refractivity contribution is -0.138. The number of amides is 1. The van der Waals surface area contributed by atoms with Crippen molar-refractivity contribution in [1.82, 2.24) is 24.8 Å². The van der Waals surface area contributed by atoms with Crippen LogP contribution in [0.25, 0.3) is 10.9 Å². The van der Waals surface area contributed by atoms with E-state index in [4.69, 9.17) is 5.26 Å². The predicted octanol–water partition coefficient (Wildman–Crippen LogP) is 3.38.